The first-order valence-electron chi connectivity index (χ1n) is 8.80. The van der Waals surface area contributed by atoms with Crippen molar-refractivity contribution >= 4 is 22.8 Å². The molecule has 3 nitrogen and oxygen atoms in total. The van der Waals surface area contributed by atoms with Crippen molar-refractivity contribution < 1.29 is 18.0 Å². The first-order valence-corrected chi connectivity index (χ1v) is 9.62. The minimum absolute atomic E-state index is 0.116. The highest BCUT2D eigenvalue weighted by atomic mass is 32.1. The molecule has 1 aliphatic carbocycles. The smallest absolute Gasteiger partial charge is 0.343 e. The number of carbonyl (C=O) groups excluding carboxylic acids is 1. The summed E-state index contributed by atoms with van der Waals surface area (Å²) in [6.45, 7) is 5.92. The topological polar surface area (TPSA) is 42.0 Å². The molecule has 0 spiro atoms. The maximum absolute atomic E-state index is 12.8. The van der Waals surface area contributed by atoms with Gasteiger partial charge in [0.15, 0.2) is 0 Å². The van der Waals surface area contributed by atoms with Gasteiger partial charge in [0.2, 0.25) is 0 Å². The minimum atomic E-state index is -4.36. The monoisotopic (exact) mass is 392 g/mol. The van der Waals surface area contributed by atoms with Crippen LogP contribution in [0.4, 0.5) is 13.2 Å². The summed E-state index contributed by atoms with van der Waals surface area (Å²) in [4.78, 5) is 18.2. The Kier molecular flexibility index (Phi) is 4.00. The Balaban J connectivity index is 1.72. The fourth-order valence-corrected chi connectivity index (χ4v) is 4.66. The quantitative estimate of drug-likeness (QED) is 0.779. The highest BCUT2D eigenvalue weighted by molar-refractivity contribution is 7.15. The van der Waals surface area contributed by atoms with Crippen LogP contribution in [-0.4, -0.2) is 16.4 Å². The Morgan fingerprint density at radius 3 is 2.37 bits per heavy atom. The summed E-state index contributed by atoms with van der Waals surface area (Å²) >= 11 is 1.39. The van der Waals surface area contributed by atoms with Gasteiger partial charge in [0.05, 0.1) is 22.4 Å². The molecule has 1 amide bonds. The molecule has 2 aromatic rings. The first-order chi connectivity index (χ1) is 12.6. The number of aryl methyl sites for hydroxylation is 1. The summed E-state index contributed by atoms with van der Waals surface area (Å²) in [5, 5.41) is 3.73. The average molecular weight is 392 g/mol. The molecule has 1 saturated carbocycles. The molecule has 1 fully saturated rings. The van der Waals surface area contributed by atoms with Crippen LogP contribution in [0, 0.1) is 12.8 Å². The van der Waals surface area contributed by atoms with Crippen LogP contribution in [0.5, 0.6) is 0 Å². The Labute approximate surface area is 159 Å². The van der Waals surface area contributed by atoms with E-state index in [1.165, 1.54) is 23.5 Å². The molecule has 0 saturated heterocycles. The molecule has 7 heteroatoms. The highest BCUT2D eigenvalue weighted by Gasteiger charge is 2.50. The zero-order valence-corrected chi connectivity index (χ0v) is 16.0. The van der Waals surface area contributed by atoms with Crippen LogP contribution in [-0.2, 0) is 11.0 Å². The average Bonchev–Trinajstić information content (AvgIpc) is 3.35. The molecular weight excluding hydrogens is 373 g/mol. The van der Waals surface area contributed by atoms with Crippen LogP contribution >= 0.6 is 11.3 Å². The summed E-state index contributed by atoms with van der Waals surface area (Å²) in [6.07, 6.45) is -2.15. The molecule has 2 heterocycles. The van der Waals surface area contributed by atoms with Gasteiger partial charge in [-0.05, 0) is 57.2 Å². The zero-order valence-electron chi connectivity index (χ0n) is 15.2. The van der Waals surface area contributed by atoms with Crippen LogP contribution in [0.25, 0.3) is 16.1 Å². The van der Waals surface area contributed by atoms with E-state index in [1.54, 1.807) is 0 Å². The van der Waals surface area contributed by atoms with Gasteiger partial charge in [-0.25, -0.2) is 4.98 Å². The molecule has 2 aliphatic rings. The number of aromatic nitrogens is 1. The number of alkyl halides is 3. The van der Waals surface area contributed by atoms with Crippen LogP contribution in [0.15, 0.2) is 29.8 Å². The van der Waals surface area contributed by atoms with Gasteiger partial charge in [0.1, 0.15) is 5.01 Å². The second kappa shape index (κ2) is 5.92. The molecule has 0 bridgehead atoms. The predicted octanol–water partition coefficient (Wildman–Crippen LogP) is 5.21. The van der Waals surface area contributed by atoms with E-state index in [1.807, 2.05) is 13.8 Å². The number of hydrogen-bond donors (Lipinski definition) is 1. The number of thiazole rings is 1. The summed E-state index contributed by atoms with van der Waals surface area (Å²) in [5.41, 5.74) is 1.85. The lowest BCUT2D eigenvalue weighted by atomic mass is 9.87. The molecule has 1 unspecified atom stereocenters. The van der Waals surface area contributed by atoms with E-state index < -0.39 is 11.7 Å². The molecule has 27 heavy (non-hydrogen) atoms. The van der Waals surface area contributed by atoms with Crippen molar-refractivity contribution in [3.8, 4) is 10.6 Å². The maximum Gasteiger partial charge on any atom is 0.416 e. The van der Waals surface area contributed by atoms with E-state index in [4.69, 9.17) is 0 Å². The molecule has 1 aromatic carbocycles. The fraction of sp³-hybridized carbons (Fsp3) is 0.400. The van der Waals surface area contributed by atoms with E-state index in [2.05, 4.69) is 17.2 Å². The van der Waals surface area contributed by atoms with E-state index in [9.17, 15) is 18.0 Å². The van der Waals surface area contributed by atoms with Gasteiger partial charge in [-0.2, -0.15) is 13.2 Å². The first kappa shape index (κ1) is 18.2. The lowest BCUT2D eigenvalue weighted by Crippen LogP contribution is -2.43. The maximum atomic E-state index is 12.8. The van der Waals surface area contributed by atoms with Crippen LogP contribution < -0.4 is 5.32 Å². The molecule has 1 aromatic heterocycles. The van der Waals surface area contributed by atoms with Gasteiger partial charge in [-0.3, -0.25) is 4.79 Å². The van der Waals surface area contributed by atoms with E-state index in [-0.39, 0.29) is 11.4 Å². The summed E-state index contributed by atoms with van der Waals surface area (Å²) in [5.74, 6) is 0.349. The van der Waals surface area contributed by atoms with Gasteiger partial charge in [-0.1, -0.05) is 12.1 Å². The van der Waals surface area contributed by atoms with Gasteiger partial charge < -0.3 is 5.32 Å². The predicted molar refractivity (Wildman–Crippen MR) is 99.2 cm³/mol. The summed E-state index contributed by atoms with van der Waals surface area (Å²) in [7, 11) is 0. The largest absolute Gasteiger partial charge is 0.416 e. The van der Waals surface area contributed by atoms with Crippen LogP contribution in [0.3, 0.4) is 0 Å². The summed E-state index contributed by atoms with van der Waals surface area (Å²) < 4.78 is 38.3. The van der Waals surface area contributed by atoms with Crippen LogP contribution in [0.2, 0.25) is 0 Å². The molecule has 142 valence electrons. The number of nitrogens with one attached hydrogen (secondary N) is 1. The van der Waals surface area contributed by atoms with Crippen molar-refractivity contribution in [3.63, 3.8) is 0 Å². The highest BCUT2D eigenvalue weighted by Crippen LogP contribution is 2.48. The van der Waals surface area contributed by atoms with Crippen molar-refractivity contribution in [2.24, 2.45) is 5.92 Å². The number of rotatable bonds is 3. The van der Waals surface area contributed by atoms with Gasteiger partial charge in [0.25, 0.3) is 5.91 Å². The fourth-order valence-electron chi connectivity index (χ4n) is 3.73. The number of nitrogens with zero attached hydrogens (tertiary/aromatic N) is 1. The number of carbonyl (C=O) groups is 1. The third-order valence-electron chi connectivity index (χ3n) is 5.64. The van der Waals surface area contributed by atoms with Crippen molar-refractivity contribution in [2.45, 2.75) is 45.3 Å². The molecule has 1 aliphatic heterocycles. The number of benzene rings is 1. The number of amides is 1. The molecule has 4 rings (SSSR count). The third-order valence-corrected chi connectivity index (χ3v) is 6.66. The van der Waals surface area contributed by atoms with Crippen molar-refractivity contribution in [1.29, 1.82) is 0 Å². The van der Waals surface area contributed by atoms with Crippen molar-refractivity contribution in [3.05, 3.63) is 46.0 Å². The summed E-state index contributed by atoms with van der Waals surface area (Å²) in [6, 6.07) is 4.97. The third kappa shape index (κ3) is 2.98. The normalized spacial score (nSPS) is 23.1. The van der Waals surface area contributed by atoms with Crippen LogP contribution in [0.1, 0.15) is 42.8 Å². The van der Waals surface area contributed by atoms with Gasteiger partial charge in [0, 0.05) is 10.4 Å². The standard InChI is InChI=1S/C20H19F3N2OS/c1-10-15(17(26)25-19(10,3)13-8-9-13)16-11(2)27-18(24-16)12-4-6-14(7-5-12)20(21,22)23/h4-7,13H,8-9H2,1-3H3,(H,25,26). The van der Waals surface area contributed by atoms with Crippen molar-refractivity contribution in [1.82, 2.24) is 10.3 Å². The van der Waals surface area contributed by atoms with Gasteiger partial charge >= 0.3 is 6.18 Å². The lowest BCUT2D eigenvalue weighted by Gasteiger charge is -2.26. The molecular formula is C20H19F3N2OS. The molecule has 1 atom stereocenters. The molecule has 1 N–H and O–H groups in total. The van der Waals surface area contributed by atoms with Crippen molar-refractivity contribution in [2.75, 3.05) is 0 Å². The van der Waals surface area contributed by atoms with E-state index in [0.29, 0.717) is 27.8 Å². The second-order valence-corrected chi connectivity index (χ2v) is 8.63. The lowest BCUT2D eigenvalue weighted by molar-refractivity contribution is -0.137. The second-order valence-electron chi connectivity index (χ2n) is 7.43. The minimum Gasteiger partial charge on any atom is -0.343 e. The number of hydrogen-bond acceptors (Lipinski definition) is 3. The number of halogens is 3. The van der Waals surface area contributed by atoms with E-state index >= 15 is 0 Å². The Bertz CT molecular complexity index is 955. The SMILES string of the molecule is CC1=C(c2nc(-c3ccc(C(F)(F)F)cc3)sc2C)C(=O)NC1(C)C1CC1. The van der Waals surface area contributed by atoms with E-state index in [0.717, 1.165) is 35.4 Å². The Hall–Kier alpha value is -2.15. The van der Waals surface area contributed by atoms with Gasteiger partial charge in [-0.15, -0.1) is 11.3 Å². The Morgan fingerprint density at radius 1 is 1.19 bits per heavy atom. The Morgan fingerprint density at radius 2 is 1.81 bits per heavy atom. The molecule has 0 radical (unpaired) electrons. The zero-order chi connectivity index (χ0) is 19.6.